The number of hydrogen-bond donors (Lipinski definition) is 1. The van der Waals surface area contributed by atoms with E-state index in [4.69, 9.17) is 32.7 Å². The van der Waals surface area contributed by atoms with Gasteiger partial charge in [0.2, 0.25) is 5.60 Å². The predicted octanol–water partition coefficient (Wildman–Crippen LogP) is 3.57. The van der Waals surface area contributed by atoms with E-state index in [-0.39, 0.29) is 11.1 Å². The third kappa shape index (κ3) is 3.81. The van der Waals surface area contributed by atoms with Gasteiger partial charge >= 0.3 is 11.9 Å². The summed E-state index contributed by atoms with van der Waals surface area (Å²) in [6.07, 6.45) is -0.758. The molecule has 0 aromatic heterocycles. The molecule has 0 amide bonds. The van der Waals surface area contributed by atoms with Gasteiger partial charge in [-0.25, -0.2) is 9.59 Å². The van der Waals surface area contributed by atoms with Gasteiger partial charge in [0.05, 0.1) is 13.5 Å². The zero-order valence-electron chi connectivity index (χ0n) is 15.5. The number of ketones is 2. The van der Waals surface area contributed by atoms with Gasteiger partial charge in [0, 0.05) is 21.2 Å². The normalized spacial score (nSPS) is 20.0. The number of aliphatic hydroxyl groups is 1. The topological polar surface area (TPSA) is 107 Å². The maximum atomic E-state index is 12.8. The van der Waals surface area contributed by atoms with Crippen LogP contribution >= 0.6 is 23.2 Å². The van der Waals surface area contributed by atoms with Crippen molar-refractivity contribution in [1.29, 1.82) is 0 Å². The highest BCUT2D eigenvalue weighted by molar-refractivity contribution is 6.46. The average molecular weight is 449 g/mol. The highest BCUT2D eigenvalue weighted by atomic mass is 35.5. The van der Waals surface area contributed by atoms with E-state index in [9.17, 15) is 24.3 Å². The molecule has 0 bridgehead atoms. The van der Waals surface area contributed by atoms with Gasteiger partial charge in [-0.2, -0.15) is 0 Å². The monoisotopic (exact) mass is 448 g/mol. The fourth-order valence-corrected chi connectivity index (χ4v) is 3.31. The summed E-state index contributed by atoms with van der Waals surface area (Å²) in [6.45, 7) is 0. The summed E-state index contributed by atoms with van der Waals surface area (Å²) in [6, 6.07) is 11.4. The first kappa shape index (κ1) is 21.5. The lowest BCUT2D eigenvalue weighted by Crippen LogP contribution is -2.44. The van der Waals surface area contributed by atoms with Gasteiger partial charge in [0.15, 0.2) is 5.78 Å². The van der Waals surface area contributed by atoms with E-state index < -0.39 is 46.9 Å². The predicted molar refractivity (Wildman–Crippen MR) is 107 cm³/mol. The molecule has 0 aliphatic carbocycles. The van der Waals surface area contributed by atoms with Crippen LogP contribution in [-0.2, 0) is 23.9 Å². The molecular formula is C21H14Cl2O7. The molecule has 30 heavy (non-hydrogen) atoms. The van der Waals surface area contributed by atoms with Crippen molar-refractivity contribution in [1.82, 2.24) is 0 Å². The Morgan fingerprint density at radius 3 is 1.97 bits per heavy atom. The molecule has 3 rings (SSSR count). The van der Waals surface area contributed by atoms with Crippen LogP contribution in [0.1, 0.15) is 22.3 Å². The zero-order valence-corrected chi connectivity index (χ0v) is 17.0. The molecule has 1 heterocycles. The minimum Gasteiger partial charge on any atom is -0.507 e. The minimum atomic E-state index is -2.44. The number of esters is 2. The first-order valence-corrected chi connectivity index (χ1v) is 9.29. The summed E-state index contributed by atoms with van der Waals surface area (Å²) < 4.78 is 9.77. The van der Waals surface area contributed by atoms with Gasteiger partial charge < -0.3 is 14.6 Å². The van der Waals surface area contributed by atoms with Crippen LogP contribution in [0.15, 0.2) is 54.1 Å². The number of methoxy groups -OCH3 is 1. The molecule has 1 fully saturated rings. The first-order chi connectivity index (χ1) is 14.2. The Kier molecular flexibility index (Phi) is 5.96. The molecule has 0 saturated carbocycles. The van der Waals surface area contributed by atoms with Crippen molar-refractivity contribution < 1.29 is 33.8 Å². The van der Waals surface area contributed by atoms with Gasteiger partial charge in [0.1, 0.15) is 11.3 Å². The Bertz CT molecular complexity index is 1070. The van der Waals surface area contributed by atoms with Crippen molar-refractivity contribution in [2.24, 2.45) is 0 Å². The third-order valence-corrected chi connectivity index (χ3v) is 5.03. The Balaban J connectivity index is 2.15. The molecule has 9 heteroatoms. The quantitative estimate of drug-likeness (QED) is 0.245. The molecule has 1 N–H and O–H groups in total. The van der Waals surface area contributed by atoms with Gasteiger partial charge in [0.25, 0.3) is 5.78 Å². The van der Waals surface area contributed by atoms with Crippen LogP contribution in [0.4, 0.5) is 0 Å². The van der Waals surface area contributed by atoms with E-state index in [1.165, 1.54) is 48.5 Å². The molecule has 2 aromatic rings. The summed E-state index contributed by atoms with van der Waals surface area (Å²) in [4.78, 5) is 50.1. The zero-order chi connectivity index (χ0) is 22.1. The number of benzene rings is 2. The lowest BCUT2D eigenvalue weighted by Gasteiger charge is -2.25. The maximum Gasteiger partial charge on any atom is 0.381 e. The molecule has 1 aliphatic heterocycles. The van der Waals surface area contributed by atoms with E-state index >= 15 is 0 Å². The molecule has 1 atom stereocenters. The third-order valence-electron chi connectivity index (χ3n) is 4.53. The van der Waals surface area contributed by atoms with Crippen molar-refractivity contribution in [2.45, 2.75) is 12.0 Å². The first-order valence-electron chi connectivity index (χ1n) is 8.54. The number of halogens is 2. The standard InChI is InChI=1S/C21H14Cl2O7/c1-29-20(28)21(10-15(24)11-2-6-13(22)7-3-11)16(18(26)19(27)30-21)17(25)12-4-8-14(23)9-5-12/h2-9,25H,10H2,1H3. The molecule has 0 radical (unpaired) electrons. The van der Waals surface area contributed by atoms with E-state index in [0.29, 0.717) is 10.0 Å². The Morgan fingerprint density at radius 2 is 1.47 bits per heavy atom. The van der Waals surface area contributed by atoms with E-state index in [1.807, 2.05) is 0 Å². The van der Waals surface area contributed by atoms with Gasteiger partial charge in [-0.1, -0.05) is 23.2 Å². The highest BCUT2D eigenvalue weighted by Crippen LogP contribution is 2.39. The molecule has 1 aliphatic rings. The average Bonchev–Trinajstić information content (AvgIpc) is 2.98. The number of ether oxygens (including phenoxy) is 2. The van der Waals surface area contributed by atoms with E-state index in [1.54, 1.807) is 0 Å². The van der Waals surface area contributed by atoms with Crippen molar-refractivity contribution >= 4 is 52.5 Å². The van der Waals surface area contributed by atoms with Gasteiger partial charge in [-0.3, -0.25) is 9.59 Å². The van der Waals surface area contributed by atoms with Crippen molar-refractivity contribution in [3.05, 3.63) is 75.3 Å². The fraction of sp³-hybridized carbons (Fsp3) is 0.143. The number of cyclic esters (lactones) is 1. The van der Waals surface area contributed by atoms with Crippen LogP contribution in [0.25, 0.3) is 5.76 Å². The maximum absolute atomic E-state index is 12.8. The van der Waals surface area contributed by atoms with Crippen LogP contribution in [0.3, 0.4) is 0 Å². The largest absolute Gasteiger partial charge is 0.507 e. The number of carbonyl (C=O) groups is 4. The molecule has 0 spiro atoms. The molecule has 1 unspecified atom stereocenters. The molecular weight excluding hydrogens is 435 g/mol. The molecule has 7 nitrogen and oxygen atoms in total. The summed E-state index contributed by atoms with van der Waals surface area (Å²) in [5.74, 6) is -5.16. The molecule has 2 aromatic carbocycles. The van der Waals surface area contributed by atoms with Crippen LogP contribution in [0.5, 0.6) is 0 Å². The second-order valence-corrected chi connectivity index (χ2v) is 7.25. The van der Waals surface area contributed by atoms with Crippen molar-refractivity contribution in [3.63, 3.8) is 0 Å². The second-order valence-electron chi connectivity index (χ2n) is 6.37. The lowest BCUT2D eigenvalue weighted by molar-refractivity contribution is -0.169. The Morgan fingerprint density at radius 1 is 0.967 bits per heavy atom. The van der Waals surface area contributed by atoms with Crippen LogP contribution in [0, 0.1) is 0 Å². The second kappa shape index (κ2) is 8.30. The van der Waals surface area contributed by atoms with Crippen molar-refractivity contribution in [2.75, 3.05) is 7.11 Å². The smallest absolute Gasteiger partial charge is 0.381 e. The highest BCUT2D eigenvalue weighted by Gasteiger charge is 2.60. The van der Waals surface area contributed by atoms with Crippen LogP contribution < -0.4 is 0 Å². The Labute approximate surface area is 180 Å². The number of carbonyl (C=O) groups excluding carboxylic acids is 4. The minimum absolute atomic E-state index is 0.0910. The number of hydrogen-bond acceptors (Lipinski definition) is 7. The summed E-state index contributed by atoms with van der Waals surface area (Å²) in [5.41, 5.74) is -2.87. The summed E-state index contributed by atoms with van der Waals surface area (Å²) in [5, 5.41) is 11.5. The lowest BCUT2D eigenvalue weighted by atomic mass is 9.84. The van der Waals surface area contributed by atoms with E-state index in [2.05, 4.69) is 0 Å². The van der Waals surface area contributed by atoms with Crippen molar-refractivity contribution in [3.8, 4) is 0 Å². The Hall–Kier alpha value is -3.16. The van der Waals surface area contributed by atoms with Gasteiger partial charge in [-0.05, 0) is 48.5 Å². The molecule has 1 saturated heterocycles. The van der Waals surface area contributed by atoms with Crippen LogP contribution in [-0.4, -0.2) is 41.3 Å². The SMILES string of the molecule is COC(=O)C1(CC(=O)c2ccc(Cl)cc2)OC(=O)C(=O)C1=C(O)c1ccc(Cl)cc1. The summed E-state index contributed by atoms with van der Waals surface area (Å²) in [7, 11) is 1.00. The number of Topliss-reactive ketones (excluding diaryl/α,β-unsaturated/α-hetero) is 2. The number of aliphatic hydroxyl groups excluding tert-OH is 1. The number of rotatable bonds is 5. The van der Waals surface area contributed by atoms with Gasteiger partial charge in [-0.15, -0.1) is 0 Å². The fourth-order valence-electron chi connectivity index (χ4n) is 3.06. The summed E-state index contributed by atoms with van der Waals surface area (Å²) >= 11 is 11.7. The van der Waals surface area contributed by atoms with E-state index in [0.717, 1.165) is 7.11 Å². The molecule has 154 valence electrons. The van der Waals surface area contributed by atoms with Crippen LogP contribution in [0.2, 0.25) is 10.0 Å².